The standard InChI is InChI=1S/C19H25N3O3/c1-15-2-4-17(5-3-15)25-14-19(24)21-10-7-16(8-11-21)18-6-9-20-22(18)12-13-23/h2-6,9,16,23H,7-8,10-14H2,1H3. The van der Waals surface area contributed by atoms with E-state index in [1.807, 2.05) is 46.8 Å². The van der Waals surface area contributed by atoms with Crippen LogP contribution in [0, 0.1) is 6.92 Å². The largest absolute Gasteiger partial charge is 0.484 e. The van der Waals surface area contributed by atoms with Gasteiger partial charge in [0.15, 0.2) is 6.61 Å². The van der Waals surface area contributed by atoms with E-state index in [0.717, 1.165) is 37.4 Å². The zero-order chi connectivity index (χ0) is 17.6. The molecule has 0 unspecified atom stereocenters. The number of nitrogens with zero attached hydrogens (tertiary/aromatic N) is 3. The first kappa shape index (κ1) is 17.5. The molecule has 1 N–H and O–H groups in total. The Morgan fingerprint density at radius 3 is 2.64 bits per heavy atom. The zero-order valence-corrected chi connectivity index (χ0v) is 14.6. The molecule has 6 nitrogen and oxygen atoms in total. The Morgan fingerprint density at radius 2 is 1.96 bits per heavy atom. The normalized spacial score (nSPS) is 15.4. The van der Waals surface area contributed by atoms with Crippen LogP contribution in [0.4, 0.5) is 0 Å². The Bertz CT molecular complexity index is 688. The second-order valence-corrected chi connectivity index (χ2v) is 6.46. The minimum atomic E-state index is 0.0305. The number of hydrogen-bond acceptors (Lipinski definition) is 4. The maximum absolute atomic E-state index is 12.4. The predicted molar refractivity (Wildman–Crippen MR) is 94.5 cm³/mol. The average Bonchev–Trinajstić information content (AvgIpc) is 3.10. The van der Waals surface area contributed by atoms with E-state index in [1.54, 1.807) is 6.20 Å². The molecular formula is C19H25N3O3. The highest BCUT2D eigenvalue weighted by Crippen LogP contribution is 2.27. The van der Waals surface area contributed by atoms with Gasteiger partial charge in [-0.15, -0.1) is 0 Å². The molecule has 1 aliphatic rings. The maximum Gasteiger partial charge on any atom is 0.260 e. The van der Waals surface area contributed by atoms with Gasteiger partial charge in [0.05, 0.1) is 13.2 Å². The highest BCUT2D eigenvalue weighted by molar-refractivity contribution is 5.77. The molecule has 0 aliphatic carbocycles. The number of piperidine rings is 1. The summed E-state index contributed by atoms with van der Waals surface area (Å²) in [5, 5.41) is 13.4. The summed E-state index contributed by atoms with van der Waals surface area (Å²) in [6.45, 7) is 4.16. The minimum absolute atomic E-state index is 0.0305. The molecule has 0 atom stereocenters. The molecule has 0 bridgehead atoms. The Balaban J connectivity index is 1.49. The van der Waals surface area contributed by atoms with Gasteiger partial charge in [-0.05, 0) is 38.0 Å². The molecule has 1 amide bonds. The van der Waals surface area contributed by atoms with E-state index < -0.39 is 0 Å². The monoisotopic (exact) mass is 343 g/mol. The van der Waals surface area contributed by atoms with Crippen molar-refractivity contribution in [3.63, 3.8) is 0 Å². The van der Waals surface area contributed by atoms with Crippen molar-refractivity contribution in [2.24, 2.45) is 0 Å². The summed E-state index contributed by atoms with van der Waals surface area (Å²) in [6.07, 6.45) is 3.60. The fourth-order valence-electron chi connectivity index (χ4n) is 3.27. The number of rotatable bonds is 6. The van der Waals surface area contributed by atoms with E-state index in [2.05, 4.69) is 5.10 Å². The summed E-state index contributed by atoms with van der Waals surface area (Å²) in [4.78, 5) is 14.2. The predicted octanol–water partition coefficient (Wildman–Crippen LogP) is 1.97. The van der Waals surface area contributed by atoms with Crippen LogP contribution in [0.2, 0.25) is 0 Å². The lowest BCUT2D eigenvalue weighted by atomic mass is 9.93. The SMILES string of the molecule is Cc1ccc(OCC(=O)N2CCC(c3ccnn3CCO)CC2)cc1. The van der Waals surface area contributed by atoms with Crippen LogP contribution in [0.5, 0.6) is 5.75 Å². The molecule has 2 aromatic rings. The quantitative estimate of drug-likeness (QED) is 0.871. The van der Waals surface area contributed by atoms with E-state index >= 15 is 0 Å². The minimum Gasteiger partial charge on any atom is -0.484 e. The maximum atomic E-state index is 12.4. The van der Waals surface area contributed by atoms with Crippen LogP contribution in [0.1, 0.15) is 30.0 Å². The number of benzene rings is 1. The van der Waals surface area contributed by atoms with Gasteiger partial charge >= 0.3 is 0 Å². The van der Waals surface area contributed by atoms with Crippen LogP contribution >= 0.6 is 0 Å². The number of aliphatic hydroxyl groups is 1. The van der Waals surface area contributed by atoms with Gasteiger partial charge in [0.2, 0.25) is 0 Å². The molecule has 1 saturated heterocycles. The molecule has 1 aromatic carbocycles. The fraction of sp³-hybridized carbons (Fsp3) is 0.474. The smallest absolute Gasteiger partial charge is 0.260 e. The molecule has 25 heavy (non-hydrogen) atoms. The van der Waals surface area contributed by atoms with Crippen molar-refractivity contribution in [3.05, 3.63) is 47.8 Å². The molecule has 2 heterocycles. The summed E-state index contributed by atoms with van der Waals surface area (Å²) < 4.78 is 7.46. The second-order valence-electron chi connectivity index (χ2n) is 6.46. The van der Waals surface area contributed by atoms with Gasteiger partial charge in [0.25, 0.3) is 5.91 Å². The third-order valence-corrected chi connectivity index (χ3v) is 4.71. The number of amides is 1. The molecule has 3 rings (SSSR count). The number of ether oxygens (including phenoxy) is 1. The Labute approximate surface area is 148 Å². The van der Waals surface area contributed by atoms with Gasteiger partial charge in [0, 0.05) is 30.9 Å². The number of carbonyl (C=O) groups is 1. The van der Waals surface area contributed by atoms with Gasteiger partial charge < -0.3 is 14.7 Å². The van der Waals surface area contributed by atoms with Gasteiger partial charge in [-0.25, -0.2) is 0 Å². The number of carbonyl (C=O) groups excluding carboxylic acids is 1. The lowest BCUT2D eigenvalue weighted by molar-refractivity contribution is -0.134. The number of aryl methyl sites for hydroxylation is 1. The van der Waals surface area contributed by atoms with Crippen molar-refractivity contribution in [2.75, 3.05) is 26.3 Å². The van der Waals surface area contributed by atoms with Crippen molar-refractivity contribution >= 4 is 5.91 Å². The van der Waals surface area contributed by atoms with E-state index in [-0.39, 0.29) is 19.1 Å². The molecule has 1 aliphatic heterocycles. The van der Waals surface area contributed by atoms with Gasteiger partial charge in [0.1, 0.15) is 5.75 Å². The molecule has 0 saturated carbocycles. The molecule has 6 heteroatoms. The Morgan fingerprint density at radius 1 is 1.24 bits per heavy atom. The lowest BCUT2D eigenvalue weighted by Crippen LogP contribution is -2.40. The first-order valence-electron chi connectivity index (χ1n) is 8.77. The lowest BCUT2D eigenvalue weighted by Gasteiger charge is -2.32. The summed E-state index contributed by atoms with van der Waals surface area (Å²) in [5.74, 6) is 1.14. The average molecular weight is 343 g/mol. The summed E-state index contributed by atoms with van der Waals surface area (Å²) in [7, 11) is 0. The van der Waals surface area contributed by atoms with E-state index in [1.165, 1.54) is 5.56 Å². The first-order chi connectivity index (χ1) is 12.2. The third kappa shape index (κ3) is 4.39. The molecule has 1 aromatic heterocycles. The molecule has 134 valence electrons. The number of likely N-dealkylation sites (tertiary alicyclic amines) is 1. The molecule has 0 radical (unpaired) electrons. The molecule has 1 fully saturated rings. The van der Waals surface area contributed by atoms with E-state index in [4.69, 9.17) is 9.84 Å². The van der Waals surface area contributed by atoms with Crippen LogP contribution in [0.3, 0.4) is 0 Å². The van der Waals surface area contributed by atoms with Crippen molar-refractivity contribution in [1.29, 1.82) is 0 Å². The summed E-state index contributed by atoms with van der Waals surface area (Å²) in [6, 6.07) is 9.73. The van der Waals surface area contributed by atoms with E-state index in [0.29, 0.717) is 12.5 Å². The second kappa shape index (κ2) is 8.16. The van der Waals surface area contributed by atoms with Crippen LogP contribution in [0.15, 0.2) is 36.5 Å². The van der Waals surface area contributed by atoms with Crippen LogP contribution in [-0.2, 0) is 11.3 Å². The highest BCUT2D eigenvalue weighted by Gasteiger charge is 2.25. The van der Waals surface area contributed by atoms with Crippen LogP contribution in [0.25, 0.3) is 0 Å². The van der Waals surface area contributed by atoms with Crippen molar-refractivity contribution < 1.29 is 14.6 Å². The third-order valence-electron chi connectivity index (χ3n) is 4.71. The van der Waals surface area contributed by atoms with Crippen LogP contribution < -0.4 is 4.74 Å². The molecule has 0 spiro atoms. The number of aliphatic hydroxyl groups excluding tert-OH is 1. The number of hydrogen-bond donors (Lipinski definition) is 1. The topological polar surface area (TPSA) is 67.6 Å². The fourth-order valence-corrected chi connectivity index (χ4v) is 3.27. The highest BCUT2D eigenvalue weighted by atomic mass is 16.5. The summed E-state index contributed by atoms with van der Waals surface area (Å²) >= 11 is 0. The van der Waals surface area contributed by atoms with Gasteiger partial charge in [-0.3, -0.25) is 9.48 Å². The van der Waals surface area contributed by atoms with E-state index in [9.17, 15) is 4.79 Å². The first-order valence-corrected chi connectivity index (χ1v) is 8.77. The molecular weight excluding hydrogens is 318 g/mol. The summed E-state index contributed by atoms with van der Waals surface area (Å²) in [5.41, 5.74) is 2.32. The van der Waals surface area contributed by atoms with Crippen molar-refractivity contribution in [2.45, 2.75) is 32.2 Å². The van der Waals surface area contributed by atoms with Gasteiger partial charge in [-0.2, -0.15) is 5.10 Å². The zero-order valence-electron chi connectivity index (χ0n) is 14.6. The Hall–Kier alpha value is -2.34. The number of aromatic nitrogens is 2. The van der Waals surface area contributed by atoms with Crippen LogP contribution in [-0.4, -0.2) is 52.0 Å². The van der Waals surface area contributed by atoms with Gasteiger partial charge in [-0.1, -0.05) is 17.7 Å². The van der Waals surface area contributed by atoms with Crippen molar-refractivity contribution in [3.8, 4) is 5.75 Å². The Kier molecular flexibility index (Phi) is 5.71. The van der Waals surface area contributed by atoms with Crippen molar-refractivity contribution in [1.82, 2.24) is 14.7 Å².